The summed E-state index contributed by atoms with van der Waals surface area (Å²) in [6.07, 6.45) is 2.82. The predicted octanol–water partition coefficient (Wildman–Crippen LogP) is 2.33. The van der Waals surface area contributed by atoms with E-state index in [0.29, 0.717) is 29.8 Å². The van der Waals surface area contributed by atoms with Crippen molar-refractivity contribution in [3.63, 3.8) is 0 Å². The molecule has 196 valence electrons. The lowest BCUT2D eigenvalue weighted by molar-refractivity contribution is -0.134. The van der Waals surface area contributed by atoms with Gasteiger partial charge in [0.25, 0.3) is 5.91 Å². The molecule has 0 aromatic heterocycles. The number of hydrogen-bond donors (Lipinski definition) is 2. The van der Waals surface area contributed by atoms with Crippen molar-refractivity contribution >= 4 is 23.4 Å². The summed E-state index contributed by atoms with van der Waals surface area (Å²) in [5, 5.41) is 5.89. The van der Waals surface area contributed by atoms with Crippen molar-refractivity contribution in [2.24, 2.45) is 0 Å². The standard InChI is InChI=1S/C28H33N3O6/c1-31-23-9-8-21(14-26(32)30-20-11-17-5-3-4-6-18(17)12-20)37-25(23)15-36-24-10-7-19(13-22(24)28(31)34)29-27(33)16-35-2/h3-7,10,13,20-21,23,25H,8-9,11-12,14-16H2,1-2H3,(H,29,33)(H,30,32)/t21-,23+,25+/m0/s1. The number of methoxy groups -OCH3 is 1. The minimum absolute atomic E-state index is 0.00848. The number of hydrogen-bond acceptors (Lipinski definition) is 6. The van der Waals surface area contributed by atoms with E-state index in [4.69, 9.17) is 14.2 Å². The van der Waals surface area contributed by atoms with E-state index in [0.717, 1.165) is 12.8 Å². The van der Waals surface area contributed by atoms with Crippen LogP contribution in [0.5, 0.6) is 5.75 Å². The predicted molar refractivity (Wildman–Crippen MR) is 137 cm³/mol. The summed E-state index contributed by atoms with van der Waals surface area (Å²) in [7, 11) is 3.21. The molecule has 0 saturated carbocycles. The van der Waals surface area contributed by atoms with Crippen LogP contribution in [-0.4, -0.2) is 74.3 Å². The van der Waals surface area contributed by atoms with Gasteiger partial charge in [0, 0.05) is 25.9 Å². The Bertz CT molecular complexity index is 1160. The van der Waals surface area contributed by atoms with Gasteiger partial charge in [-0.2, -0.15) is 0 Å². The summed E-state index contributed by atoms with van der Waals surface area (Å²) < 4.78 is 17.2. The molecule has 2 aromatic rings. The Balaban J connectivity index is 1.20. The van der Waals surface area contributed by atoms with Crippen LogP contribution in [0.2, 0.25) is 0 Å². The second kappa shape index (κ2) is 10.9. The van der Waals surface area contributed by atoms with Crippen molar-refractivity contribution in [3.05, 3.63) is 59.2 Å². The number of ether oxygens (including phenoxy) is 3. The van der Waals surface area contributed by atoms with Crippen molar-refractivity contribution in [2.45, 2.75) is 56.4 Å². The van der Waals surface area contributed by atoms with Gasteiger partial charge in [0.05, 0.1) is 24.1 Å². The Morgan fingerprint density at radius 3 is 2.57 bits per heavy atom. The molecule has 37 heavy (non-hydrogen) atoms. The van der Waals surface area contributed by atoms with E-state index in [-0.39, 0.29) is 61.6 Å². The molecule has 0 spiro atoms. The van der Waals surface area contributed by atoms with Gasteiger partial charge in [0.2, 0.25) is 11.8 Å². The van der Waals surface area contributed by atoms with Gasteiger partial charge in [-0.25, -0.2) is 0 Å². The number of benzene rings is 2. The fraction of sp³-hybridized carbons (Fsp3) is 0.464. The fourth-order valence-electron chi connectivity index (χ4n) is 5.59. The molecule has 2 heterocycles. The van der Waals surface area contributed by atoms with Crippen LogP contribution in [0.4, 0.5) is 5.69 Å². The Labute approximate surface area is 216 Å². The third-order valence-corrected chi connectivity index (χ3v) is 7.40. The first-order valence-electron chi connectivity index (χ1n) is 12.8. The number of carbonyl (C=O) groups excluding carboxylic acids is 3. The zero-order chi connectivity index (χ0) is 25.9. The third-order valence-electron chi connectivity index (χ3n) is 7.40. The molecule has 3 aliphatic rings. The third kappa shape index (κ3) is 5.62. The molecule has 5 rings (SSSR count). The number of fused-ring (bicyclic) bond motifs is 3. The summed E-state index contributed by atoms with van der Waals surface area (Å²) in [4.78, 5) is 39.7. The molecule has 2 aliphatic heterocycles. The second-order valence-corrected chi connectivity index (χ2v) is 10.0. The number of nitrogens with zero attached hydrogens (tertiary/aromatic N) is 1. The molecule has 0 unspecified atom stereocenters. The smallest absolute Gasteiger partial charge is 0.257 e. The highest BCUT2D eigenvalue weighted by Gasteiger charge is 2.39. The Hall–Kier alpha value is -3.43. The average molecular weight is 508 g/mol. The van der Waals surface area contributed by atoms with Gasteiger partial charge in [0.15, 0.2) is 0 Å². The Kier molecular flexibility index (Phi) is 7.43. The van der Waals surface area contributed by atoms with E-state index in [1.54, 1.807) is 30.1 Å². The van der Waals surface area contributed by atoms with E-state index in [2.05, 4.69) is 22.8 Å². The number of carbonyl (C=O) groups is 3. The van der Waals surface area contributed by atoms with Gasteiger partial charge < -0.3 is 29.7 Å². The lowest BCUT2D eigenvalue weighted by atomic mass is 9.94. The van der Waals surface area contributed by atoms with E-state index in [1.807, 2.05) is 12.1 Å². The maximum Gasteiger partial charge on any atom is 0.257 e. The normalized spacial score (nSPS) is 23.1. The Morgan fingerprint density at radius 2 is 1.84 bits per heavy atom. The van der Waals surface area contributed by atoms with Crippen LogP contribution in [0, 0.1) is 0 Å². The zero-order valence-corrected chi connectivity index (χ0v) is 21.2. The van der Waals surface area contributed by atoms with Crippen molar-refractivity contribution in [2.75, 3.05) is 32.7 Å². The molecule has 2 aromatic carbocycles. The molecule has 9 heteroatoms. The molecule has 1 aliphatic carbocycles. The van der Waals surface area contributed by atoms with Crippen molar-refractivity contribution < 1.29 is 28.6 Å². The van der Waals surface area contributed by atoms with Crippen LogP contribution in [-0.2, 0) is 31.9 Å². The molecule has 3 atom stereocenters. The van der Waals surface area contributed by atoms with Gasteiger partial charge in [0.1, 0.15) is 25.1 Å². The van der Waals surface area contributed by atoms with E-state index >= 15 is 0 Å². The number of anilines is 1. The minimum Gasteiger partial charge on any atom is -0.490 e. The van der Waals surface area contributed by atoms with Crippen LogP contribution < -0.4 is 15.4 Å². The molecule has 1 fully saturated rings. The van der Waals surface area contributed by atoms with E-state index in [9.17, 15) is 14.4 Å². The van der Waals surface area contributed by atoms with Gasteiger partial charge >= 0.3 is 0 Å². The molecular weight excluding hydrogens is 474 g/mol. The molecule has 1 saturated heterocycles. The van der Waals surface area contributed by atoms with Crippen molar-refractivity contribution in [1.29, 1.82) is 0 Å². The number of amides is 3. The first kappa shape index (κ1) is 25.2. The van der Waals surface area contributed by atoms with E-state index < -0.39 is 0 Å². The monoisotopic (exact) mass is 507 g/mol. The average Bonchev–Trinajstić information content (AvgIpc) is 3.28. The minimum atomic E-state index is -0.342. The fourth-order valence-corrected chi connectivity index (χ4v) is 5.59. The summed E-state index contributed by atoms with van der Waals surface area (Å²) >= 11 is 0. The quantitative estimate of drug-likeness (QED) is 0.622. The van der Waals surface area contributed by atoms with Crippen LogP contribution in [0.15, 0.2) is 42.5 Å². The lowest BCUT2D eigenvalue weighted by Crippen LogP contribution is -2.54. The topological polar surface area (TPSA) is 106 Å². The highest BCUT2D eigenvalue weighted by Crippen LogP contribution is 2.32. The molecular formula is C28H33N3O6. The summed E-state index contributed by atoms with van der Waals surface area (Å²) in [6, 6.07) is 13.3. The summed E-state index contributed by atoms with van der Waals surface area (Å²) in [5.41, 5.74) is 3.48. The van der Waals surface area contributed by atoms with Gasteiger partial charge in [-0.3, -0.25) is 14.4 Å². The number of nitrogens with one attached hydrogen (secondary N) is 2. The van der Waals surface area contributed by atoms with E-state index in [1.165, 1.54) is 18.2 Å². The van der Waals surface area contributed by atoms with Crippen LogP contribution >= 0.6 is 0 Å². The molecule has 0 radical (unpaired) electrons. The van der Waals surface area contributed by atoms with Crippen LogP contribution in [0.1, 0.15) is 40.7 Å². The molecule has 2 N–H and O–H groups in total. The number of rotatable bonds is 6. The molecule has 0 bridgehead atoms. The van der Waals surface area contributed by atoms with Gasteiger partial charge in [-0.05, 0) is 55.0 Å². The Morgan fingerprint density at radius 1 is 1.08 bits per heavy atom. The first-order valence-corrected chi connectivity index (χ1v) is 12.8. The highest BCUT2D eigenvalue weighted by molar-refractivity contribution is 6.00. The summed E-state index contributed by atoms with van der Waals surface area (Å²) in [6.45, 7) is 0.191. The number of likely N-dealkylation sites (N-methyl/N-ethyl adjacent to an activating group) is 1. The zero-order valence-electron chi connectivity index (χ0n) is 21.2. The highest BCUT2D eigenvalue weighted by atomic mass is 16.5. The maximum atomic E-state index is 13.3. The first-order chi connectivity index (χ1) is 17.9. The second-order valence-electron chi connectivity index (χ2n) is 10.0. The van der Waals surface area contributed by atoms with Gasteiger partial charge in [-0.1, -0.05) is 24.3 Å². The SMILES string of the molecule is COCC(=O)Nc1ccc2c(c1)C(=O)N(C)[C@@H]1CC[C@@H](CC(=O)NC3Cc4ccccc4C3)O[C@@H]1CO2. The van der Waals surface area contributed by atoms with Gasteiger partial charge in [-0.15, -0.1) is 0 Å². The van der Waals surface area contributed by atoms with Crippen molar-refractivity contribution in [3.8, 4) is 5.75 Å². The molecule has 3 amide bonds. The van der Waals surface area contributed by atoms with Crippen molar-refractivity contribution in [1.82, 2.24) is 10.2 Å². The maximum absolute atomic E-state index is 13.3. The molecule has 9 nitrogen and oxygen atoms in total. The lowest BCUT2D eigenvalue weighted by Gasteiger charge is -2.42. The largest absolute Gasteiger partial charge is 0.490 e. The summed E-state index contributed by atoms with van der Waals surface area (Å²) in [5.74, 6) is -0.0772. The van der Waals surface area contributed by atoms with Crippen LogP contribution in [0.3, 0.4) is 0 Å². The van der Waals surface area contributed by atoms with Crippen LogP contribution in [0.25, 0.3) is 0 Å².